The molecule has 0 radical (unpaired) electrons. The zero-order valence-corrected chi connectivity index (χ0v) is 25.8. The minimum Gasteiger partial charge on any atom is -0.350 e. The molecule has 0 saturated heterocycles. The van der Waals surface area contributed by atoms with E-state index < -0.39 is 34.1 Å². The summed E-state index contributed by atoms with van der Waals surface area (Å²) < 4.78 is 28.7. The standard InChI is InChI=1S/C29H32Cl3N3O4S/c1-5-25(28(37)33-29(2,3)4)34(18-20-11-13-21(30)14-12-20)27(36)19-35(26-16-15-22(31)17-24(26)32)40(38,39)23-9-7-6-8-10-23/h6-17,25H,5,18-19H2,1-4H3,(H,33,37)/t25-/m0/s1. The number of anilines is 1. The molecule has 3 rings (SSSR count). The van der Waals surface area contributed by atoms with Crippen LogP contribution in [0.5, 0.6) is 0 Å². The molecule has 0 unspecified atom stereocenters. The van der Waals surface area contributed by atoms with Crippen LogP contribution in [0.4, 0.5) is 5.69 Å². The van der Waals surface area contributed by atoms with Crippen LogP contribution in [0.1, 0.15) is 39.7 Å². The lowest BCUT2D eigenvalue weighted by Gasteiger charge is -2.35. The Labute approximate surface area is 251 Å². The number of halogens is 3. The Bertz CT molecular complexity index is 1440. The van der Waals surface area contributed by atoms with E-state index in [9.17, 15) is 18.0 Å². The van der Waals surface area contributed by atoms with Crippen LogP contribution in [0.25, 0.3) is 0 Å². The second-order valence-corrected chi connectivity index (χ2v) is 13.4. The summed E-state index contributed by atoms with van der Waals surface area (Å²) >= 11 is 18.6. The summed E-state index contributed by atoms with van der Waals surface area (Å²) in [7, 11) is -4.24. The number of hydrogen-bond donors (Lipinski definition) is 1. The molecule has 214 valence electrons. The largest absolute Gasteiger partial charge is 0.350 e. The van der Waals surface area contributed by atoms with Gasteiger partial charge in [-0.05, 0) is 75.2 Å². The predicted octanol–water partition coefficient (Wildman–Crippen LogP) is 6.56. The first-order valence-electron chi connectivity index (χ1n) is 12.6. The van der Waals surface area contributed by atoms with Gasteiger partial charge in [0.1, 0.15) is 12.6 Å². The molecule has 0 bridgehead atoms. The first-order valence-corrected chi connectivity index (χ1v) is 15.2. The van der Waals surface area contributed by atoms with E-state index in [-0.39, 0.29) is 28.1 Å². The molecule has 0 aliphatic heterocycles. The average molecular weight is 625 g/mol. The Hall–Kier alpha value is -2.78. The summed E-state index contributed by atoms with van der Waals surface area (Å²) in [6.07, 6.45) is 0.300. The molecule has 11 heteroatoms. The van der Waals surface area contributed by atoms with E-state index in [1.807, 2.05) is 20.8 Å². The molecule has 0 aliphatic carbocycles. The number of carbonyl (C=O) groups is 2. The highest BCUT2D eigenvalue weighted by molar-refractivity contribution is 7.92. The third kappa shape index (κ3) is 8.13. The fourth-order valence-corrected chi connectivity index (χ4v) is 6.22. The van der Waals surface area contributed by atoms with Gasteiger partial charge < -0.3 is 10.2 Å². The van der Waals surface area contributed by atoms with Crippen LogP contribution >= 0.6 is 34.8 Å². The SMILES string of the molecule is CC[C@@H](C(=O)NC(C)(C)C)N(Cc1ccc(Cl)cc1)C(=O)CN(c1ccc(Cl)cc1Cl)S(=O)(=O)c1ccccc1. The Balaban J connectivity index is 2.09. The molecule has 1 N–H and O–H groups in total. The van der Waals surface area contributed by atoms with Crippen molar-refractivity contribution in [1.82, 2.24) is 10.2 Å². The van der Waals surface area contributed by atoms with Gasteiger partial charge in [0.05, 0.1) is 15.6 Å². The molecule has 0 saturated carbocycles. The minimum absolute atomic E-state index is 0.0180. The average Bonchev–Trinajstić information content (AvgIpc) is 2.88. The van der Waals surface area contributed by atoms with Crippen molar-refractivity contribution in [1.29, 1.82) is 0 Å². The van der Waals surface area contributed by atoms with Gasteiger partial charge in [-0.2, -0.15) is 0 Å². The van der Waals surface area contributed by atoms with E-state index in [1.165, 1.54) is 35.2 Å². The monoisotopic (exact) mass is 623 g/mol. The van der Waals surface area contributed by atoms with E-state index in [0.717, 1.165) is 9.87 Å². The number of carbonyl (C=O) groups excluding carboxylic acids is 2. The maximum atomic E-state index is 14.1. The summed E-state index contributed by atoms with van der Waals surface area (Å²) in [4.78, 5) is 28.8. The highest BCUT2D eigenvalue weighted by atomic mass is 35.5. The van der Waals surface area contributed by atoms with Gasteiger partial charge in [0.2, 0.25) is 11.8 Å². The molecule has 1 atom stereocenters. The second kappa shape index (κ2) is 13.3. The molecule has 7 nitrogen and oxygen atoms in total. The third-order valence-electron chi connectivity index (χ3n) is 5.94. The van der Waals surface area contributed by atoms with Crippen LogP contribution in [-0.2, 0) is 26.2 Å². The molecule has 3 aromatic carbocycles. The Kier molecular flexibility index (Phi) is 10.5. The van der Waals surface area contributed by atoms with Crippen molar-refractivity contribution in [3.8, 4) is 0 Å². The van der Waals surface area contributed by atoms with Crippen LogP contribution in [-0.4, -0.2) is 43.3 Å². The lowest BCUT2D eigenvalue weighted by molar-refractivity contribution is -0.141. The van der Waals surface area contributed by atoms with Crippen molar-refractivity contribution in [2.24, 2.45) is 0 Å². The Morgan fingerprint density at radius 3 is 2.05 bits per heavy atom. The summed E-state index contributed by atoms with van der Waals surface area (Å²) in [5, 5.41) is 3.83. The summed E-state index contributed by atoms with van der Waals surface area (Å²) in [6.45, 7) is 6.79. The van der Waals surface area contributed by atoms with Gasteiger partial charge in [-0.15, -0.1) is 0 Å². The van der Waals surface area contributed by atoms with Gasteiger partial charge in [0.25, 0.3) is 10.0 Å². The second-order valence-electron chi connectivity index (χ2n) is 10.2. The van der Waals surface area contributed by atoms with Crippen LogP contribution in [0, 0.1) is 0 Å². The maximum absolute atomic E-state index is 14.1. The normalized spacial score (nSPS) is 12.5. The van der Waals surface area contributed by atoms with Crippen molar-refractivity contribution in [3.05, 3.63) is 93.4 Å². The number of rotatable bonds is 10. The molecule has 0 heterocycles. The van der Waals surface area contributed by atoms with Gasteiger partial charge in [-0.3, -0.25) is 13.9 Å². The number of benzene rings is 3. The third-order valence-corrected chi connectivity index (χ3v) is 8.50. The van der Waals surface area contributed by atoms with Gasteiger partial charge in [-0.1, -0.05) is 72.1 Å². The van der Waals surface area contributed by atoms with E-state index in [4.69, 9.17) is 34.8 Å². The van der Waals surface area contributed by atoms with E-state index in [0.29, 0.717) is 16.5 Å². The molecule has 0 spiro atoms. The summed E-state index contributed by atoms with van der Waals surface area (Å²) in [5.41, 5.74) is 0.266. The summed E-state index contributed by atoms with van der Waals surface area (Å²) in [6, 6.07) is 18.1. The molecule has 40 heavy (non-hydrogen) atoms. The van der Waals surface area contributed by atoms with Crippen LogP contribution in [0.2, 0.25) is 15.1 Å². The highest BCUT2D eigenvalue weighted by Crippen LogP contribution is 2.33. The van der Waals surface area contributed by atoms with E-state index >= 15 is 0 Å². The van der Waals surface area contributed by atoms with Crippen LogP contribution in [0.3, 0.4) is 0 Å². The topological polar surface area (TPSA) is 86.8 Å². The number of amides is 2. The van der Waals surface area contributed by atoms with E-state index in [1.54, 1.807) is 49.4 Å². The molecule has 0 fully saturated rings. The molecular formula is C29H32Cl3N3O4S. The van der Waals surface area contributed by atoms with Gasteiger partial charge in [0.15, 0.2) is 0 Å². The smallest absolute Gasteiger partial charge is 0.264 e. The quantitative estimate of drug-likeness (QED) is 0.277. The van der Waals surface area contributed by atoms with Crippen molar-refractivity contribution in [3.63, 3.8) is 0 Å². The molecule has 0 aromatic heterocycles. The molecular weight excluding hydrogens is 593 g/mol. The maximum Gasteiger partial charge on any atom is 0.264 e. The number of nitrogens with one attached hydrogen (secondary N) is 1. The van der Waals surface area contributed by atoms with Crippen molar-refractivity contribution in [2.75, 3.05) is 10.8 Å². The van der Waals surface area contributed by atoms with Crippen LogP contribution in [0.15, 0.2) is 77.7 Å². The Morgan fingerprint density at radius 2 is 1.50 bits per heavy atom. The van der Waals surface area contributed by atoms with Gasteiger partial charge >= 0.3 is 0 Å². The van der Waals surface area contributed by atoms with E-state index in [2.05, 4.69) is 5.32 Å². The van der Waals surface area contributed by atoms with Gasteiger partial charge in [0, 0.05) is 22.1 Å². The minimum atomic E-state index is -4.24. The molecule has 0 aliphatic rings. The highest BCUT2D eigenvalue weighted by Gasteiger charge is 2.35. The number of nitrogens with zero attached hydrogens (tertiary/aromatic N) is 2. The van der Waals surface area contributed by atoms with Crippen molar-refractivity contribution < 1.29 is 18.0 Å². The number of sulfonamides is 1. The lowest BCUT2D eigenvalue weighted by atomic mass is 10.1. The van der Waals surface area contributed by atoms with Crippen LogP contribution < -0.4 is 9.62 Å². The number of hydrogen-bond acceptors (Lipinski definition) is 4. The van der Waals surface area contributed by atoms with Crippen molar-refractivity contribution >= 4 is 62.3 Å². The first-order chi connectivity index (χ1) is 18.7. The fourth-order valence-electron chi connectivity index (χ4n) is 4.08. The predicted molar refractivity (Wildman–Crippen MR) is 161 cm³/mol. The van der Waals surface area contributed by atoms with Gasteiger partial charge in [-0.25, -0.2) is 8.42 Å². The summed E-state index contributed by atoms with van der Waals surface area (Å²) in [5.74, 6) is -0.935. The zero-order valence-electron chi connectivity index (χ0n) is 22.7. The lowest BCUT2D eigenvalue weighted by Crippen LogP contribution is -2.55. The zero-order chi connectivity index (χ0) is 29.7. The fraction of sp³-hybridized carbons (Fsp3) is 0.310. The molecule has 3 aromatic rings. The first kappa shape index (κ1) is 31.7. The Morgan fingerprint density at radius 1 is 0.900 bits per heavy atom. The van der Waals surface area contributed by atoms with Crippen molar-refractivity contribution in [2.45, 2.75) is 57.1 Å². The molecule has 2 amide bonds.